The highest BCUT2D eigenvalue weighted by atomic mass is 16.2. The number of benzene rings is 1. The molecule has 3 heterocycles. The summed E-state index contributed by atoms with van der Waals surface area (Å²) in [6.07, 6.45) is 1.83. The Hall–Kier alpha value is -3.16. The summed E-state index contributed by atoms with van der Waals surface area (Å²) >= 11 is 0. The van der Waals surface area contributed by atoms with Crippen LogP contribution in [-0.2, 0) is 0 Å². The number of nitrogens with zero attached hydrogens (tertiary/aromatic N) is 6. The maximum absolute atomic E-state index is 12.6. The number of carbonyl (C=O) groups is 1. The minimum Gasteiger partial charge on any atom is -0.367 e. The fourth-order valence-corrected chi connectivity index (χ4v) is 3.48. The van der Waals surface area contributed by atoms with Crippen LogP contribution in [0.3, 0.4) is 0 Å². The normalized spacial score (nSPS) is 14.6. The van der Waals surface area contributed by atoms with E-state index in [-0.39, 0.29) is 6.03 Å². The molecule has 27 heavy (non-hydrogen) atoms. The molecule has 1 N–H and O–H groups in total. The second-order valence-electron chi connectivity index (χ2n) is 7.01. The number of aromatic nitrogens is 4. The molecular formula is C19H23N7O. The first-order chi connectivity index (χ1) is 13.0. The zero-order chi connectivity index (χ0) is 19.0. The molecule has 1 aromatic carbocycles. The van der Waals surface area contributed by atoms with Gasteiger partial charge in [-0.2, -0.15) is 9.61 Å². The van der Waals surface area contributed by atoms with Gasteiger partial charge < -0.3 is 15.1 Å². The van der Waals surface area contributed by atoms with Crippen LogP contribution in [0.4, 0.5) is 16.2 Å². The summed E-state index contributed by atoms with van der Waals surface area (Å²) in [5.41, 5.74) is 4.87. The van der Waals surface area contributed by atoms with Gasteiger partial charge in [-0.15, -0.1) is 10.2 Å². The molecule has 0 atom stereocenters. The molecular weight excluding hydrogens is 342 g/mol. The molecule has 1 aliphatic heterocycles. The van der Waals surface area contributed by atoms with Gasteiger partial charge in [-0.3, -0.25) is 0 Å². The molecule has 8 nitrogen and oxygen atoms in total. The van der Waals surface area contributed by atoms with E-state index in [1.165, 1.54) is 0 Å². The number of urea groups is 1. The molecule has 3 aromatic rings. The molecule has 0 saturated carbocycles. The highest BCUT2D eigenvalue weighted by molar-refractivity contribution is 5.89. The van der Waals surface area contributed by atoms with Crippen LogP contribution in [0, 0.1) is 20.8 Å². The van der Waals surface area contributed by atoms with E-state index in [2.05, 4.69) is 31.6 Å². The fourth-order valence-electron chi connectivity index (χ4n) is 3.48. The van der Waals surface area contributed by atoms with Crippen molar-refractivity contribution in [1.29, 1.82) is 0 Å². The lowest BCUT2D eigenvalue weighted by atomic mass is 10.1. The summed E-state index contributed by atoms with van der Waals surface area (Å²) in [6, 6.07) is 8.00. The number of hydrogen-bond acceptors (Lipinski definition) is 5. The standard InChI is InChI=1S/C19H23N7O/c1-13-8-14(2)10-16(9-13)21-19(27)25-6-4-24(5-7-25)17-11-18-23-22-15(3)26(18)20-12-17/h8-12H,4-7H2,1-3H3,(H,21,27). The highest BCUT2D eigenvalue weighted by Crippen LogP contribution is 2.18. The van der Waals surface area contributed by atoms with Crippen LogP contribution in [0.15, 0.2) is 30.5 Å². The molecule has 0 aliphatic carbocycles. The number of piperazine rings is 1. The fraction of sp³-hybridized carbons (Fsp3) is 0.368. The van der Waals surface area contributed by atoms with E-state index in [0.717, 1.165) is 47.1 Å². The summed E-state index contributed by atoms with van der Waals surface area (Å²) in [4.78, 5) is 16.6. The van der Waals surface area contributed by atoms with Crippen LogP contribution in [0.1, 0.15) is 17.0 Å². The first-order valence-electron chi connectivity index (χ1n) is 9.07. The van der Waals surface area contributed by atoms with Crippen LogP contribution in [0.25, 0.3) is 5.65 Å². The van der Waals surface area contributed by atoms with Crippen LogP contribution in [-0.4, -0.2) is 56.9 Å². The summed E-state index contributed by atoms with van der Waals surface area (Å²) in [6.45, 7) is 8.77. The monoisotopic (exact) mass is 365 g/mol. The Morgan fingerprint density at radius 2 is 1.67 bits per heavy atom. The van der Waals surface area contributed by atoms with E-state index in [4.69, 9.17) is 0 Å². The number of nitrogens with one attached hydrogen (secondary N) is 1. The van der Waals surface area contributed by atoms with E-state index in [9.17, 15) is 4.79 Å². The zero-order valence-corrected chi connectivity index (χ0v) is 15.8. The van der Waals surface area contributed by atoms with E-state index >= 15 is 0 Å². The smallest absolute Gasteiger partial charge is 0.321 e. The largest absolute Gasteiger partial charge is 0.367 e. The van der Waals surface area contributed by atoms with Crippen molar-refractivity contribution in [3.63, 3.8) is 0 Å². The van der Waals surface area contributed by atoms with Crippen LogP contribution in [0.2, 0.25) is 0 Å². The SMILES string of the molecule is Cc1cc(C)cc(NC(=O)N2CCN(c3cnn4c(C)nnc4c3)CC2)c1. The summed E-state index contributed by atoms with van der Waals surface area (Å²) in [5, 5.41) is 15.6. The van der Waals surface area contributed by atoms with Gasteiger partial charge in [-0.1, -0.05) is 6.07 Å². The van der Waals surface area contributed by atoms with Crippen molar-refractivity contribution >= 4 is 23.1 Å². The maximum atomic E-state index is 12.6. The molecule has 2 amide bonds. The lowest BCUT2D eigenvalue weighted by Crippen LogP contribution is -2.50. The third-order valence-electron chi connectivity index (χ3n) is 4.81. The van der Waals surface area contributed by atoms with Gasteiger partial charge in [0.2, 0.25) is 0 Å². The maximum Gasteiger partial charge on any atom is 0.321 e. The van der Waals surface area contributed by atoms with Gasteiger partial charge in [0.05, 0.1) is 11.9 Å². The molecule has 0 unspecified atom stereocenters. The average molecular weight is 365 g/mol. The molecule has 4 rings (SSSR count). The first kappa shape index (κ1) is 17.3. The van der Waals surface area contributed by atoms with Gasteiger partial charge in [-0.25, -0.2) is 4.79 Å². The van der Waals surface area contributed by atoms with Gasteiger partial charge in [0.1, 0.15) is 0 Å². The van der Waals surface area contributed by atoms with Gasteiger partial charge in [0, 0.05) is 37.9 Å². The Morgan fingerprint density at radius 3 is 2.37 bits per heavy atom. The Bertz CT molecular complexity index is 969. The molecule has 1 saturated heterocycles. The van der Waals surface area contributed by atoms with Gasteiger partial charge in [-0.05, 0) is 44.0 Å². The third kappa shape index (κ3) is 3.55. The Labute approximate surface area is 157 Å². The first-order valence-corrected chi connectivity index (χ1v) is 9.07. The van der Waals surface area contributed by atoms with Gasteiger partial charge >= 0.3 is 6.03 Å². The van der Waals surface area contributed by atoms with Crippen molar-refractivity contribution < 1.29 is 4.79 Å². The van der Waals surface area contributed by atoms with Crippen molar-refractivity contribution in [2.75, 3.05) is 36.4 Å². The lowest BCUT2D eigenvalue weighted by molar-refractivity contribution is 0.208. The topological polar surface area (TPSA) is 78.7 Å². The van der Waals surface area contributed by atoms with Crippen molar-refractivity contribution in [3.05, 3.63) is 47.4 Å². The summed E-state index contributed by atoms with van der Waals surface area (Å²) in [5.74, 6) is 0.768. The Kier molecular flexibility index (Phi) is 4.39. The van der Waals surface area contributed by atoms with Crippen LogP contribution < -0.4 is 10.2 Å². The molecule has 140 valence electrons. The number of hydrogen-bond donors (Lipinski definition) is 1. The van der Waals surface area contributed by atoms with E-state index in [1.54, 1.807) is 4.52 Å². The minimum atomic E-state index is -0.0543. The summed E-state index contributed by atoms with van der Waals surface area (Å²) < 4.78 is 1.72. The van der Waals surface area contributed by atoms with Crippen molar-refractivity contribution in [2.24, 2.45) is 0 Å². The molecule has 0 spiro atoms. The summed E-state index contributed by atoms with van der Waals surface area (Å²) in [7, 11) is 0. The van der Waals surface area contributed by atoms with Crippen LogP contribution >= 0.6 is 0 Å². The quantitative estimate of drug-likeness (QED) is 0.754. The van der Waals surface area contributed by atoms with E-state index in [1.807, 2.05) is 50.1 Å². The Morgan fingerprint density at radius 1 is 0.963 bits per heavy atom. The molecule has 0 radical (unpaired) electrons. The van der Waals surface area contributed by atoms with Crippen molar-refractivity contribution in [1.82, 2.24) is 24.7 Å². The number of rotatable bonds is 2. The van der Waals surface area contributed by atoms with Gasteiger partial charge in [0.25, 0.3) is 0 Å². The van der Waals surface area contributed by atoms with Crippen molar-refractivity contribution in [3.8, 4) is 0 Å². The predicted octanol–water partition coefficient (Wildman–Crippen LogP) is 2.40. The number of carbonyl (C=O) groups excluding carboxylic acids is 1. The number of aryl methyl sites for hydroxylation is 3. The number of anilines is 2. The highest BCUT2D eigenvalue weighted by Gasteiger charge is 2.22. The minimum absolute atomic E-state index is 0.0543. The van der Waals surface area contributed by atoms with E-state index in [0.29, 0.717) is 13.1 Å². The Balaban J connectivity index is 1.39. The zero-order valence-electron chi connectivity index (χ0n) is 15.8. The second kappa shape index (κ2) is 6.86. The molecule has 8 heteroatoms. The number of amides is 2. The van der Waals surface area contributed by atoms with Gasteiger partial charge in [0.15, 0.2) is 11.5 Å². The van der Waals surface area contributed by atoms with E-state index < -0.39 is 0 Å². The predicted molar refractivity (Wildman–Crippen MR) is 104 cm³/mol. The van der Waals surface area contributed by atoms with Crippen molar-refractivity contribution in [2.45, 2.75) is 20.8 Å². The number of fused-ring (bicyclic) bond motifs is 1. The molecule has 1 fully saturated rings. The molecule has 2 aromatic heterocycles. The lowest BCUT2D eigenvalue weighted by Gasteiger charge is -2.35. The van der Waals surface area contributed by atoms with Crippen LogP contribution in [0.5, 0.6) is 0 Å². The molecule has 0 bridgehead atoms. The molecule has 1 aliphatic rings. The average Bonchev–Trinajstić information content (AvgIpc) is 3.01. The third-order valence-corrected chi connectivity index (χ3v) is 4.81. The second-order valence-corrected chi connectivity index (χ2v) is 7.01.